The number of halogens is 4. The zero-order valence-corrected chi connectivity index (χ0v) is 29.6. The third-order valence-electron chi connectivity index (χ3n) is 8.72. The maximum absolute atomic E-state index is 14.0. The Labute approximate surface area is 293 Å². The molecule has 12 nitrogen and oxygen atoms in total. The molecule has 1 atom stereocenters. The van der Waals surface area contributed by atoms with Gasteiger partial charge in [-0.1, -0.05) is 17.7 Å². The molecule has 0 bridgehead atoms. The number of carbonyl (C=O) groups excluding carboxylic acids is 3. The van der Waals surface area contributed by atoms with E-state index in [1.807, 2.05) is 11.0 Å². The van der Waals surface area contributed by atoms with Crippen molar-refractivity contribution in [2.45, 2.75) is 32.5 Å². The van der Waals surface area contributed by atoms with E-state index < -0.39 is 17.8 Å². The third kappa shape index (κ3) is 7.53. The second kappa shape index (κ2) is 14.3. The number of hydrogen-bond acceptors (Lipinski definition) is 7. The van der Waals surface area contributed by atoms with Crippen molar-refractivity contribution in [3.05, 3.63) is 69.9 Å². The molecule has 0 spiro atoms. The normalized spacial score (nSPS) is 15.8. The molecule has 258 valence electrons. The molecule has 0 radical (unpaired) electrons. The number of aromatic amines is 2. The number of amides is 3. The predicted molar refractivity (Wildman–Crippen MR) is 178 cm³/mol. The summed E-state index contributed by atoms with van der Waals surface area (Å²) in [6, 6.07) is 6.65. The van der Waals surface area contributed by atoms with Crippen LogP contribution < -0.4 is 15.0 Å². The average molecular weight is 760 g/mol. The minimum absolute atomic E-state index is 0.0132. The number of aryl methyl sites for hydroxylation is 1. The number of nitrogens with one attached hydrogen (secondary N) is 4. The molecular weight excluding hydrogens is 726 g/mol. The number of benzene rings is 1. The number of alkyl halides is 3. The molecule has 2 aliphatic rings. The molecule has 49 heavy (non-hydrogen) atoms. The molecule has 4 N–H and O–H groups in total. The fourth-order valence-corrected chi connectivity index (χ4v) is 7.10. The van der Waals surface area contributed by atoms with Crippen LogP contribution >= 0.6 is 11.6 Å². The number of nitrogens with zero attached hydrogens (tertiary/aromatic N) is 5. The Balaban J connectivity index is 1.09. The quantitative estimate of drug-likeness (QED) is 0.211. The van der Waals surface area contributed by atoms with Crippen LogP contribution in [0.2, 0.25) is 5.02 Å². The molecule has 17 heteroatoms. The molecule has 2 fully saturated rings. The fraction of sp³-hybridized carbons (Fsp3) is 0.375. The molecule has 3 amide bonds. The molecule has 0 saturated carbocycles. The van der Waals surface area contributed by atoms with Gasteiger partial charge >= 0.3 is 153 Å². The van der Waals surface area contributed by atoms with Gasteiger partial charge in [0, 0.05) is 32.1 Å². The van der Waals surface area contributed by atoms with Crippen molar-refractivity contribution in [1.29, 1.82) is 0 Å². The van der Waals surface area contributed by atoms with Crippen molar-refractivity contribution in [2.75, 3.05) is 39.3 Å². The van der Waals surface area contributed by atoms with Crippen LogP contribution in [0.25, 0.3) is 22.6 Å². The molecule has 2 aliphatic heterocycles. The Hall–Kier alpha value is -4.20. The number of imidazole rings is 1. The maximum atomic E-state index is 14.0. The van der Waals surface area contributed by atoms with Crippen LogP contribution in [0, 0.1) is 12.8 Å². The average Bonchev–Trinajstić information content (AvgIpc) is 3.75. The van der Waals surface area contributed by atoms with E-state index in [-0.39, 0.29) is 52.1 Å². The third-order valence-corrected chi connectivity index (χ3v) is 9.69. The summed E-state index contributed by atoms with van der Waals surface area (Å²) in [5.74, 6) is -0.937. The van der Waals surface area contributed by atoms with Gasteiger partial charge in [0.25, 0.3) is 5.91 Å². The monoisotopic (exact) mass is 759 g/mol. The molecule has 6 rings (SSSR count). The summed E-state index contributed by atoms with van der Waals surface area (Å²) in [7, 11) is 0. The summed E-state index contributed by atoms with van der Waals surface area (Å²) >= 11 is 7.83. The first-order chi connectivity index (χ1) is 23.4. The fourth-order valence-electron chi connectivity index (χ4n) is 6.14. The van der Waals surface area contributed by atoms with Gasteiger partial charge in [-0.25, -0.2) is 0 Å². The Morgan fingerprint density at radius 2 is 1.76 bits per heavy atom. The van der Waals surface area contributed by atoms with Gasteiger partial charge in [-0.2, -0.15) is 0 Å². The van der Waals surface area contributed by atoms with E-state index >= 15 is 0 Å². The van der Waals surface area contributed by atoms with Gasteiger partial charge in [0.05, 0.1) is 10.6 Å². The number of pyridine rings is 1. The van der Waals surface area contributed by atoms with Crippen LogP contribution in [0.15, 0.2) is 36.7 Å². The second-order valence-electron chi connectivity index (χ2n) is 12.0. The molecule has 1 unspecified atom stereocenters. The van der Waals surface area contributed by atoms with Crippen LogP contribution in [-0.2, 0) is 17.5 Å². The number of aromatic nitrogens is 5. The van der Waals surface area contributed by atoms with E-state index in [0.717, 1.165) is 36.5 Å². The molecule has 4 aromatic rings. The molecule has 0 aliphatic carbocycles. The van der Waals surface area contributed by atoms with Crippen LogP contribution in [0.3, 0.4) is 0 Å². The van der Waals surface area contributed by atoms with Gasteiger partial charge in [-0.05, 0) is 43.6 Å². The summed E-state index contributed by atoms with van der Waals surface area (Å²) in [5.41, 5.74) is 0.375. The van der Waals surface area contributed by atoms with E-state index in [1.165, 1.54) is 16.9 Å². The standard InChI is InChI=1S/C32H34AsClF3N9O3/c1-17-12-20(33)15-39-25(17)26-24(27(44-43-26)32(35,36)37)23-16-40-28(42-23)29(47)41-14-18-2-3-21(22(34)13-18)31(49)46-10-8-45(9-11-46)30(48)19-4-6-38-7-5-19/h2-3,12-13,15-16,19,38H,4-11,14,33H2,1H3,(H,40,42)(H,41,47)(H,43,44). The van der Waals surface area contributed by atoms with Crippen molar-refractivity contribution in [3.8, 4) is 22.6 Å². The van der Waals surface area contributed by atoms with Gasteiger partial charge in [-0.3, -0.25) is 9.59 Å². The van der Waals surface area contributed by atoms with E-state index in [2.05, 4.69) is 35.8 Å². The zero-order chi connectivity index (χ0) is 34.9. The number of rotatable bonds is 7. The van der Waals surface area contributed by atoms with Crippen LogP contribution in [0.4, 0.5) is 13.2 Å². The number of carbonyl (C=O) groups is 3. The van der Waals surface area contributed by atoms with Gasteiger partial charge in [-0.15, -0.1) is 0 Å². The van der Waals surface area contributed by atoms with Gasteiger partial charge in [0.15, 0.2) is 0 Å². The Morgan fingerprint density at radius 1 is 1.04 bits per heavy atom. The Bertz CT molecular complexity index is 1880. The summed E-state index contributed by atoms with van der Waals surface area (Å²) in [6.45, 7) is 5.17. The summed E-state index contributed by atoms with van der Waals surface area (Å²) in [6.07, 6.45) is -0.422. The molecule has 3 aromatic heterocycles. The Kier molecular flexibility index (Phi) is 10.1. The molecule has 5 heterocycles. The van der Waals surface area contributed by atoms with Gasteiger partial charge in [0.1, 0.15) is 0 Å². The molecular formula is C32H34AsClF3N9O3. The predicted octanol–water partition coefficient (Wildman–Crippen LogP) is 2.31. The van der Waals surface area contributed by atoms with Gasteiger partial charge in [0.2, 0.25) is 5.91 Å². The van der Waals surface area contributed by atoms with E-state index in [4.69, 9.17) is 11.6 Å². The first-order valence-electron chi connectivity index (χ1n) is 15.7. The zero-order valence-electron chi connectivity index (χ0n) is 26.5. The van der Waals surface area contributed by atoms with Crippen molar-refractivity contribution in [2.24, 2.45) is 5.92 Å². The number of piperidine rings is 1. The summed E-state index contributed by atoms with van der Waals surface area (Å²) < 4.78 is 42.8. The van der Waals surface area contributed by atoms with Crippen LogP contribution in [-0.4, -0.2) is 109 Å². The van der Waals surface area contributed by atoms with Crippen LogP contribution in [0.1, 0.15) is 50.6 Å². The van der Waals surface area contributed by atoms with Crippen molar-refractivity contribution >= 4 is 50.5 Å². The van der Waals surface area contributed by atoms with Crippen molar-refractivity contribution in [1.82, 2.24) is 45.6 Å². The second-order valence-corrected chi connectivity index (χ2v) is 13.8. The Morgan fingerprint density at radius 3 is 2.43 bits per heavy atom. The van der Waals surface area contributed by atoms with Gasteiger partial charge < -0.3 is 15.1 Å². The first-order valence-corrected chi connectivity index (χ1v) is 17.3. The number of piperazine rings is 1. The van der Waals surface area contributed by atoms with E-state index in [1.54, 1.807) is 36.2 Å². The summed E-state index contributed by atoms with van der Waals surface area (Å²) in [5, 5.41) is 12.1. The molecule has 1 aromatic carbocycles. The van der Waals surface area contributed by atoms with E-state index in [9.17, 15) is 27.6 Å². The number of H-pyrrole nitrogens is 2. The molecule has 2 saturated heterocycles. The minimum atomic E-state index is -4.79. The summed E-state index contributed by atoms with van der Waals surface area (Å²) in [4.78, 5) is 53.7. The van der Waals surface area contributed by atoms with E-state index in [0.29, 0.717) is 48.6 Å². The topological polar surface area (TPSA) is 152 Å². The van der Waals surface area contributed by atoms with Crippen molar-refractivity contribution in [3.63, 3.8) is 0 Å². The number of hydrogen-bond donors (Lipinski definition) is 4. The van der Waals surface area contributed by atoms with Crippen molar-refractivity contribution < 1.29 is 27.6 Å². The SMILES string of the molecule is Cc1cc([AsH2])cnc1-c1[nH]nc(C(F)(F)F)c1-c1cnc(C(=O)NCc2ccc(C(=O)N3CCN(C(=O)C4CCNCC4)CC3)c(Cl)c2)[nH]1. The van der Waals surface area contributed by atoms with Crippen LogP contribution in [0.5, 0.6) is 0 Å². The first kappa shape index (κ1) is 34.7.